The molecule has 11 heavy (non-hydrogen) atoms. The Labute approximate surface area is 70.1 Å². The summed E-state index contributed by atoms with van der Waals surface area (Å²) in [6, 6.07) is 0. The van der Waals surface area contributed by atoms with E-state index in [2.05, 4.69) is 4.52 Å². The first kappa shape index (κ1) is 14.0. The van der Waals surface area contributed by atoms with Gasteiger partial charge in [-0.2, -0.15) is 13.2 Å². The zero-order valence-corrected chi connectivity index (χ0v) is 5.32. The molecule has 1 unspecified atom stereocenters. The van der Waals surface area contributed by atoms with Crippen molar-refractivity contribution in [1.29, 1.82) is 0 Å². The maximum Gasteiger partial charge on any atom is 0.510 e. The molecular formula is C2H6AlF4O3P. The zero-order chi connectivity index (χ0) is 8.41. The van der Waals surface area contributed by atoms with Gasteiger partial charge in [-0.05, 0) is 0 Å². The molecule has 0 fully saturated rings. The summed E-state index contributed by atoms with van der Waals surface area (Å²) in [5.41, 5.74) is 0. The van der Waals surface area contributed by atoms with Crippen molar-refractivity contribution in [2.45, 2.75) is 6.18 Å². The van der Waals surface area contributed by atoms with Crippen LogP contribution in [0, 0.1) is 0 Å². The number of hydrogen-bond acceptors (Lipinski definition) is 2. The average Bonchev–Trinajstić information content (AvgIpc) is 1.57. The molecular weight excluding hydrogens is 206 g/mol. The fraction of sp³-hybridized carbons (Fsp3) is 1.00. The fourth-order valence-electron chi connectivity index (χ4n) is 0.153. The van der Waals surface area contributed by atoms with Crippen LogP contribution in [0.1, 0.15) is 0 Å². The summed E-state index contributed by atoms with van der Waals surface area (Å²) < 4.78 is 56.8. The quantitative estimate of drug-likeness (QED) is 0.410. The third-order valence-electron chi connectivity index (χ3n) is 0.387. The van der Waals surface area contributed by atoms with E-state index in [1.165, 1.54) is 0 Å². The first-order valence-corrected chi connectivity index (χ1v) is 3.41. The summed E-state index contributed by atoms with van der Waals surface area (Å²) in [6.45, 7) is -2.06. The molecule has 1 N–H and O–H groups in total. The molecule has 0 aliphatic carbocycles. The standard InChI is InChI=1S/C2H3F4O3P.Al.3H/c3-2(4,5)1-9-10(6,7)8;;;;/h1H2,(H,7,8);;;;. The molecule has 0 bridgehead atoms. The van der Waals surface area contributed by atoms with E-state index in [0.29, 0.717) is 0 Å². The van der Waals surface area contributed by atoms with Gasteiger partial charge in [0.25, 0.3) is 0 Å². The fourth-order valence-corrected chi connectivity index (χ4v) is 0.458. The Balaban J connectivity index is 0. The Kier molecular flexibility index (Phi) is 5.63. The van der Waals surface area contributed by atoms with E-state index in [0.717, 1.165) is 0 Å². The lowest BCUT2D eigenvalue weighted by Gasteiger charge is -2.05. The molecule has 0 aliphatic rings. The smallest absolute Gasteiger partial charge is 0.299 e. The van der Waals surface area contributed by atoms with Crippen LogP contribution in [0.4, 0.5) is 17.4 Å². The SMILES string of the molecule is O=P(O)(F)OCC(F)(F)F.[AlH3]. The lowest BCUT2D eigenvalue weighted by Crippen LogP contribution is -2.15. The molecule has 0 aliphatic heterocycles. The first-order valence-electron chi connectivity index (χ1n) is 1.94. The van der Waals surface area contributed by atoms with E-state index in [1.54, 1.807) is 0 Å². The molecule has 0 aromatic carbocycles. The Morgan fingerprint density at radius 1 is 1.45 bits per heavy atom. The summed E-state index contributed by atoms with van der Waals surface area (Å²) in [5.74, 6) is 0. The van der Waals surface area contributed by atoms with Gasteiger partial charge in [0.1, 0.15) is 0 Å². The molecule has 0 spiro atoms. The van der Waals surface area contributed by atoms with Crippen LogP contribution in [0.15, 0.2) is 0 Å². The van der Waals surface area contributed by atoms with Crippen LogP contribution in [0.5, 0.6) is 0 Å². The molecule has 0 amide bonds. The van der Waals surface area contributed by atoms with Crippen molar-refractivity contribution < 1.29 is 31.4 Å². The van der Waals surface area contributed by atoms with Crippen molar-refractivity contribution in [2.24, 2.45) is 0 Å². The van der Waals surface area contributed by atoms with Gasteiger partial charge in [0.2, 0.25) is 0 Å². The van der Waals surface area contributed by atoms with E-state index in [4.69, 9.17) is 4.89 Å². The summed E-state index contributed by atoms with van der Waals surface area (Å²) >= 11 is 0. The van der Waals surface area contributed by atoms with Crippen LogP contribution >= 0.6 is 7.91 Å². The van der Waals surface area contributed by atoms with E-state index < -0.39 is 20.7 Å². The number of halogens is 4. The van der Waals surface area contributed by atoms with Gasteiger partial charge in [-0.25, -0.2) is 4.57 Å². The topological polar surface area (TPSA) is 46.5 Å². The summed E-state index contributed by atoms with van der Waals surface area (Å²) in [7, 11) is -5.48. The molecule has 9 heteroatoms. The maximum atomic E-state index is 11.3. The number of rotatable bonds is 2. The molecule has 0 saturated carbocycles. The van der Waals surface area contributed by atoms with Crippen LogP contribution in [-0.4, -0.2) is 35.0 Å². The first-order chi connectivity index (χ1) is 4.21. The third-order valence-corrected chi connectivity index (χ3v) is 0.835. The molecule has 1 atom stereocenters. The largest absolute Gasteiger partial charge is 0.510 e. The van der Waals surface area contributed by atoms with Crippen molar-refractivity contribution in [1.82, 2.24) is 0 Å². The summed E-state index contributed by atoms with van der Waals surface area (Å²) in [6.07, 6.45) is -4.79. The second-order valence-electron chi connectivity index (χ2n) is 1.34. The van der Waals surface area contributed by atoms with E-state index in [1.807, 2.05) is 0 Å². The van der Waals surface area contributed by atoms with Gasteiger partial charge in [-0.3, -0.25) is 9.42 Å². The van der Waals surface area contributed by atoms with Crippen molar-refractivity contribution in [2.75, 3.05) is 6.61 Å². The van der Waals surface area contributed by atoms with E-state index in [9.17, 15) is 21.9 Å². The predicted molar refractivity (Wildman–Crippen MR) is 32.9 cm³/mol. The molecule has 3 nitrogen and oxygen atoms in total. The van der Waals surface area contributed by atoms with Gasteiger partial charge >= 0.3 is 14.1 Å². The lowest BCUT2D eigenvalue weighted by atomic mass is 10.7. The monoisotopic (exact) mass is 212 g/mol. The van der Waals surface area contributed by atoms with Crippen molar-refractivity contribution in [3.8, 4) is 0 Å². The van der Waals surface area contributed by atoms with Gasteiger partial charge in [0.05, 0.1) is 0 Å². The predicted octanol–water partition coefficient (Wildman–Crippen LogP) is 0.451. The maximum absolute atomic E-state index is 11.3. The highest BCUT2D eigenvalue weighted by atomic mass is 31.2. The normalized spacial score (nSPS) is 16.8. The van der Waals surface area contributed by atoms with Crippen molar-refractivity contribution >= 4 is 25.3 Å². The third kappa shape index (κ3) is 13.4. The average molecular weight is 212 g/mol. The highest BCUT2D eigenvalue weighted by Crippen LogP contribution is 2.44. The summed E-state index contributed by atoms with van der Waals surface area (Å²) in [5, 5.41) is 0. The second kappa shape index (κ2) is 4.43. The number of alkyl halides is 3. The van der Waals surface area contributed by atoms with Crippen LogP contribution in [0.3, 0.4) is 0 Å². The minimum atomic E-state index is -5.48. The van der Waals surface area contributed by atoms with Gasteiger partial charge in [-0.1, -0.05) is 0 Å². The van der Waals surface area contributed by atoms with Crippen LogP contribution < -0.4 is 0 Å². The van der Waals surface area contributed by atoms with Crippen LogP contribution in [0.2, 0.25) is 0 Å². The van der Waals surface area contributed by atoms with E-state index in [-0.39, 0.29) is 17.4 Å². The molecule has 68 valence electrons. The van der Waals surface area contributed by atoms with Gasteiger partial charge in [-0.15, -0.1) is 4.20 Å². The minimum absolute atomic E-state index is 0. The Hall–Kier alpha value is 0.402. The Morgan fingerprint density at radius 3 is 1.91 bits per heavy atom. The molecule has 0 aromatic rings. The highest BCUT2D eigenvalue weighted by molar-refractivity contribution is 7.46. The highest BCUT2D eigenvalue weighted by Gasteiger charge is 2.32. The second-order valence-corrected chi connectivity index (χ2v) is 2.50. The van der Waals surface area contributed by atoms with E-state index >= 15 is 0 Å². The summed E-state index contributed by atoms with van der Waals surface area (Å²) in [4.78, 5) is 7.55. The molecule has 0 saturated heterocycles. The minimum Gasteiger partial charge on any atom is -0.299 e. The van der Waals surface area contributed by atoms with Crippen molar-refractivity contribution in [3.63, 3.8) is 0 Å². The van der Waals surface area contributed by atoms with Gasteiger partial charge in [0, 0.05) is 0 Å². The molecule has 0 aromatic heterocycles. The number of hydrogen-bond donors (Lipinski definition) is 1. The Bertz CT molecular complexity index is 152. The molecule has 0 rings (SSSR count). The molecule has 0 heterocycles. The van der Waals surface area contributed by atoms with Crippen LogP contribution in [-0.2, 0) is 9.09 Å². The zero-order valence-electron chi connectivity index (χ0n) is 4.43. The van der Waals surface area contributed by atoms with Crippen molar-refractivity contribution in [3.05, 3.63) is 0 Å². The van der Waals surface area contributed by atoms with Gasteiger partial charge < -0.3 is 0 Å². The Morgan fingerprint density at radius 2 is 1.82 bits per heavy atom. The molecule has 0 radical (unpaired) electrons. The van der Waals surface area contributed by atoms with Crippen LogP contribution in [0.25, 0.3) is 0 Å². The lowest BCUT2D eigenvalue weighted by molar-refractivity contribution is -0.156. The van der Waals surface area contributed by atoms with Gasteiger partial charge in [0.15, 0.2) is 24.0 Å².